The van der Waals surface area contributed by atoms with E-state index in [1.165, 1.54) is 6.07 Å². The van der Waals surface area contributed by atoms with Gasteiger partial charge in [-0.2, -0.15) is 0 Å². The summed E-state index contributed by atoms with van der Waals surface area (Å²) in [5.74, 6) is 0.515. The summed E-state index contributed by atoms with van der Waals surface area (Å²) < 4.78 is 13.6. The number of benzene rings is 1. The standard InChI is InChI=1S/C15H18FN5/c16-13-8-12(11-17)9-14(10-13)20-4-6-21(7-5-20)15-18-2-1-3-19-15/h1-3,8-10H,4-7,11,17H2. The van der Waals surface area contributed by atoms with Gasteiger partial charge < -0.3 is 15.5 Å². The SMILES string of the molecule is NCc1cc(F)cc(N2CCN(c3ncccn3)CC2)c1. The quantitative estimate of drug-likeness (QED) is 0.925. The van der Waals surface area contributed by atoms with Crippen molar-refractivity contribution in [3.05, 3.63) is 48.0 Å². The first kappa shape index (κ1) is 13.8. The Bertz CT molecular complexity index is 596. The van der Waals surface area contributed by atoms with E-state index < -0.39 is 0 Å². The highest BCUT2D eigenvalue weighted by Crippen LogP contribution is 2.21. The van der Waals surface area contributed by atoms with Crippen molar-refractivity contribution < 1.29 is 4.39 Å². The lowest BCUT2D eigenvalue weighted by atomic mass is 10.1. The van der Waals surface area contributed by atoms with E-state index >= 15 is 0 Å². The van der Waals surface area contributed by atoms with Crippen LogP contribution in [0.2, 0.25) is 0 Å². The molecule has 1 aliphatic heterocycles. The van der Waals surface area contributed by atoms with Gasteiger partial charge in [-0.05, 0) is 29.8 Å². The maximum absolute atomic E-state index is 13.6. The molecular formula is C15H18FN5. The molecule has 2 aromatic rings. The maximum Gasteiger partial charge on any atom is 0.225 e. The van der Waals surface area contributed by atoms with E-state index in [-0.39, 0.29) is 5.82 Å². The molecule has 6 heteroatoms. The lowest BCUT2D eigenvalue weighted by molar-refractivity contribution is 0.615. The second-order valence-electron chi connectivity index (χ2n) is 5.04. The molecular weight excluding hydrogens is 269 g/mol. The molecule has 0 unspecified atom stereocenters. The third kappa shape index (κ3) is 3.11. The maximum atomic E-state index is 13.6. The summed E-state index contributed by atoms with van der Waals surface area (Å²) >= 11 is 0. The van der Waals surface area contributed by atoms with Gasteiger partial charge in [0.15, 0.2) is 0 Å². The number of nitrogens with zero attached hydrogens (tertiary/aromatic N) is 4. The Morgan fingerprint density at radius 3 is 2.33 bits per heavy atom. The molecule has 0 spiro atoms. The largest absolute Gasteiger partial charge is 0.368 e. The van der Waals surface area contributed by atoms with Crippen molar-refractivity contribution >= 4 is 11.6 Å². The van der Waals surface area contributed by atoms with Crippen LogP contribution in [0.5, 0.6) is 0 Å². The zero-order valence-corrected chi connectivity index (χ0v) is 11.7. The molecule has 5 nitrogen and oxygen atoms in total. The van der Waals surface area contributed by atoms with Crippen LogP contribution in [-0.2, 0) is 6.54 Å². The summed E-state index contributed by atoms with van der Waals surface area (Å²) in [7, 11) is 0. The topological polar surface area (TPSA) is 58.3 Å². The van der Waals surface area contributed by atoms with E-state index in [1.807, 2.05) is 6.07 Å². The van der Waals surface area contributed by atoms with Crippen LogP contribution < -0.4 is 15.5 Å². The molecule has 110 valence electrons. The van der Waals surface area contributed by atoms with E-state index in [9.17, 15) is 4.39 Å². The number of hydrogen-bond acceptors (Lipinski definition) is 5. The first-order valence-electron chi connectivity index (χ1n) is 7.03. The molecule has 1 saturated heterocycles. The molecule has 1 aromatic heterocycles. The van der Waals surface area contributed by atoms with Gasteiger partial charge in [0.2, 0.25) is 5.95 Å². The van der Waals surface area contributed by atoms with Crippen LogP contribution in [0.3, 0.4) is 0 Å². The molecule has 0 atom stereocenters. The van der Waals surface area contributed by atoms with Gasteiger partial charge in [0, 0.05) is 50.8 Å². The normalized spacial score (nSPS) is 15.3. The van der Waals surface area contributed by atoms with E-state index in [1.54, 1.807) is 24.5 Å². The number of halogens is 1. The lowest BCUT2D eigenvalue weighted by Gasteiger charge is -2.36. The number of nitrogens with two attached hydrogens (primary N) is 1. The molecule has 2 N–H and O–H groups in total. The smallest absolute Gasteiger partial charge is 0.225 e. The average molecular weight is 287 g/mol. The molecule has 1 aliphatic rings. The minimum atomic E-state index is -0.234. The van der Waals surface area contributed by atoms with E-state index in [2.05, 4.69) is 19.8 Å². The van der Waals surface area contributed by atoms with Gasteiger partial charge >= 0.3 is 0 Å². The Hall–Kier alpha value is -2.21. The molecule has 0 bridgehead atoms. The van der Waals surface area contributed by atoms with E-state index in [4.69, 9.17) is 5.73 Å². The zero-order valence-electron chi connectivity index (χ0n) is 11.7. The Morgan fingerprint density at radius 1 is 1.00 bits per heavy atom. The van der Waals surface area contributed by atoms with Crippen molar-refractivity contribution in [2.75, 3.05) is 36.0 Å². The third-order valence-corrected chi connectivity index (χ3v) is 3.66. The minimum Gasteiger partial charge on any atom is -0.368 e. The average Bonchev–Trinajstić information content (AvgIpc) is 2.55. The van der Waals surface area contributed by atoms with Crippen LogP contribution in [0.4, 0.5) is 16.0 Å². The number of hydrogen-bond donors (Lipinski definition) is 1. The van der Waals surface area contributed by atoms with Gasteiger partial charge in [-0.1, -0.05) is 0 Å². The fourth-order valence-electron chi connectivity index (χ4n) is 2.55. The van der Waals surface area contributed by atoms with Crippen molar-refractivity contribution in [3.8, 4) is 0 Å². The molecule has 3 rings (SSSR count). The van der Waals surface area contributed by atoms with Gasteiger partial charge in [-0.3, -0.25) is 0 Å². The van der Waals surface area contributed by atoms with Gasteiger partial charge in [0.25, 0.3) is 0 Å². The minimum absolute atomic E-state index is 0.234. The Kier molecular flexibility index (Phi) is 3.96. The number of anilines is 2. The number of piperazine rings is 1. The monoisotopic (exact) mass is 287 g/mol. The summed E-state index contributed by atoms with van der Waals surface area (Å²) in [6.45, 7) is 3.61. The Labute approximate surface area is 123 Å². The van der Waals surface area contributed by atoms with Crippen LogP contribution in [0.25, 0.3) is 0 Å². The van der Waals surface area contributed by atoms with Gasteiger partial charge in [0.1, 0.15) is 5.82 Å². The number of rotatable bonds is 3. The highest BCUT2D eigenvalue weighted by molar-refractivity contribution is 5.50. The van der Waals surface area contributed by atoms with Crippen LogP contribution in [0, 0.1) is 5.82 Å². The van der Waals surface area contributed by atoms with Crippen molar-refractivity contribution in [2.45, 2.75) is 6.54 Å². The molecule has 21 heavy (non-hydrogen) atoms. The summed E-state index contributed by atoms with van der Waals surface area (Å²) in [5, 5.41) is 0. The van der Waals surface area contributed by atoms with Crippen LogP contribution in [0.1, 0.15) is 5.56 Å². The highest BCUT2D eigenvalue weighted by Gasteiger charge is 2.19. The summed E-state index contributed by atoms with van der Waals surface area (Å²) in [6, 6.07) is 6.81. The second kappa shape index (κ2) is 6.05. The predicted molar refractivity (Wildman–Crippen MR) is 80.7 cm³/mol. The molecule has 2 heterocycles. The highest BCUT2D eigenvalue weighted by atomic mass is 19.1. The summed E-state index contributed by atoms with van der Waals surface area (Å²) in [5.41, 5.74) is 7.32. The van der Waals surface area contributed by atoms with Crippen molar-refractivity contribution in [1.82, 2.24) is 9.97 Å². The molecule has 0 aliphatic carbocycles. The molecule has 1 fully saturated rings. The molecule has 0 saturated carbocycles. The fraction of sp³-hybridized carbons (Fsp3) is 0.333. The van der Waals surface area contributed by atoms with Crippen LogP contribution in [-0.4, -0.2) is 36.1 Å². The lowest BCUT2D eigenvalue weighted by Crippen LogP contribution is -2.47. The van der Waals surface area contributed by atoms with Crippen molar-refractivity contribution in [3.63, 3.8) is 0 Å². The summed E-state index contributed by atoms with van der Waals surface area (Å²) in [4.78, 5) is 12.8. The van der Waals surface area contributed by atoms with Gasteiger partial charge in [0.05, 0.1) is 0 Å². The first-order valence-corrected chi connectivity index (χ1v) is 7.03. The first-order chi connectivity index (χ1) is 10.3. The number of aromatic nitrogens is 2. The second-order valence-corrected chi connectivity index (χ2v) is 5.04. The van der Waals surface area contributed by atoms with Crippen LogP contribution >= 0.6 is 0 Å². The molecule has 1 aromatic carbocycles. The van der Waals surface area contributed by atoms with E-state index in [0.717, 1.165) is 43.4 Å². The van der Waals surface area contributed by atoms with Crippen molar-refractivity contribution in [2.24, 2.45) is 5.73 Å². The van der Waals surface area contributed by atoms with Gasteiger partial charge in [-0.15, -0.1) is 0 Å². The zero-order chi connectivity index (χ0) is 14.7. The van der Waals surface area contributed by atoms with Gasteiger partial charge in [-0.25, -0.2) is 14.4 Å². The fourth-order valence-corrected chi connectivity index (χ4v) is 2.55. The Morgan fingerprint density at radius 2 is 1.67 bits per heavy atom. The van der Waals surface area contributed by atoms with E-state index in [0.29, 0.717) is 6.54 Å². The summed E-state index contributed by atoms with van der Waals surface area (Å²) in [6.07, 6.45) is 3.49. The molecule has 0 amide bonds. The molecule has 0 radical (unpaired) electrons. The Balaban J connectivity index is 1.70. The predicted octanol–water partition coefficient (Wildman–Crippen LogP) is 1.40. The third-order valence-electron chi connectivity index (χ3n) is 3.66. The van der Waals surface area contributed by atoms with Crippen molar-refractivity contribution in [1.29, 1.82) is 0 Å². The van der Waals surface area contributed by atoms with Crippen LogP contribution in [0.15, 0.2) is 36.7 Å².